The molecule has 1 saturated heterocycles. The first-order valence-electron chi connectivity index (χ1n) is 9.10. The van der Waals surface area contributed by atoms with E-state index in [4.69, 9.17) is 14.8 Å². The van der Waals surface area contributed by atoms with E-state index in [0.29, 0.717) is 24.4 Å². The SMILES string of the molecule is Cc1cc(N2CCOCC2)n2nc(C)c([C@@H](C)c3ccc(F)cc3F)c2n1. The van der Waals surface area contributed by atoms with E-state index in [1.165, 1.54) is 12.1 Å². The summed E-state index contributed by atoms with van der Waals surface area (Å²) in [4.78, 5) is 6.92. The fraction of sp³-hybridized carbons (Fsp3) is 0.400. The highest BCUT2D eigenvalue weighted by molar-refractivity contribution is 5.60. The molecular weight excluding hydrogens is 350 g/mol. The Morgan fingerprint density at radius 1 is 1.11 bits per heavy atom. The molecule has 0 aliphatic carbocycles. The highest BCUT2D eigenvalue weighted by Crippen LogP contribution is 2.33. The highest BCUT2D eigenvalue weighted by atomic mass is 19.1. The molecule has 1 atom stereocenters. The van der Waals surface area contributed by atoms with Gasteiger partial charge in [0.1, 0.15) is 17.5 Å². The smallest absolute Gasteiger partial charge is 0.161 e. The lowest BCUT2D eigenvalue weighted by molar-refractivity contribution is 0.122. The van der Waals surface area contributed by atoms with Crippen molar-refractivity contribution in [3.8, 4) is 0 Å². The van der Waals surface area contributed by atoms with Gasteiger partial charge in [0.05, 0.1) is 18.9 Å². The fourth-order valence-electron chi connectivity index (χ4n) is 3.77. The number of benzene rings is 1. The van der Waals surface area contributed by atoms with Crippen LogP contribution in [0.4, 0.5) is 14.6 Å². The summed E-state index contributed by atoms with van der Waals surface area (Å²) < 4.78 is 35.0. The Hall–Kier alpha value is -2.54. The van der Waals surface area contributed by atoms with Gasteiger partial charge in [-0.3, -0.25) is 0 Å². The van der Waals surface area contributed by atoms with Crippen molar-refractivity contribution in [3.05, 3.63) is 58.4 Å². The lowest BCUT2D eigenvalue weighted by Gasteiger charge is -2.29. The molecule has 7 heteroatoms. The van der Waals surface area contributed by atoms with Crippen LogP contribution in [0.25, 0.3) is 5.65 Å². The van der Waals surface area contributed by atoms with Gasteiger partial charge in [-0.15, -0.1) is 0 Å². The van der Waals surface area contributed by atoms with Crippen molar-refractivity contribution in [1.29, 1.82) is 0 Å². The Labute approximate surface area is 156 Å². The van der Waals surface area contributed by atoms with Crippen molar-refractivity contribution >= 4 is 11.5 Å². The molecule has 0 amide bonds. The van der Waals surface area contributed by atoms with Crippen LogP contribution in [0.15, 0.2) is 24.3 Å². The minimum atomic E-state index is -0.580. The second-order valence-electron chi connectivity index (χ2n) is 6.98. The third-order valence-electron chi connectivity index (χ3n) is 5.12. The first-order valence-corrected chi connectivity index (χ1v) is 9.10. The van der Waals surface area contributed by atoms with E-state index in [1.807, 2.05) is 31.4 Å². The van der Waals surface area contributed by atoms with Crippen molar-refractivity contribution in [2.75, 3.05) is 31.2 Å². The molecule has 0 bridgehead atoms. The summed E-state index contributed by atoms with van der Waals surface area (Å²) in [6.07, 6.45) is 0. The van der Waals surface area contributed by atoms with Crippen LogP contribution in [0.1, 0.15) is 35.4 Å². The molecule has 2 aromatic heterocycles. The highest BCUT2D eigenvalue weighted by Gasteiger charge is 2.24. The number of anilines is 1. The molecule has 27 heavy (non-hydrogen) atoms. The maximum Gasteiger partial charge on any atom is 0.161 e. The molecule has 0 radical (unpaired) electrons. The molecule has 4 rings (SSSR count). The van der Waals surface area contributed by atoms with E-state index in [2.05, 4.69) is 4.90 Å². The number of hydrogen-bond acceptors (Lipinski definition) is 4. The van der Waals surface area contributed by atoms with Crippen LogP contribution in [-0.4, -0.2) is 40.9 Å². The van der Waals surface area contributed by atoms with Gasteiger partial charge in [-0.25, -0.2) is 13.8 Å². The van der Waals surface area contributed by atoms with Gasteiger partial charge < -0.3 is 9.64 Å². The third kappa shape index (κ3) is 3.16. The number of halogens is 2. The minimum absolute atomic E-state index is 0.296. The lowest BCUT2D eigenvalue weighted by Crippen LogP contribution is -2.37. The molecule has 1 fully saturated rings. The Morgan fingerprint density at radius 3 is 2.56 bits per heavy atom. The molecule has 3 heterocycles. The van der Waals surface area contributed by atoms with Gasteiger partial charge >= 0.3 is 0 Å². The van der Waals surface area contributed by atoms with Crippen LogP contribution in [0, 0.1) is 25.5 Å². The predicted octanol–water partition coefficient (Wildman–Crippen LogP) is 3.61. The van der Waals surface area contributed by atoms with Crippen molar-refractivity contribution in [2.45, 2.75) is 26.7 Å². The van der Waals surface area contributed by atoms with Crippen molar-refractivity contribution in [3.63, 3.8) is 0 Å². The van der Waals surface area contributed by atoms with Crippen LogP contribution in [-0.2, 0) is 4.74 Å². The van der Waals surface area contributed by atoms with E-state index in [1.54, 1.807) is 0 Å². The van der Waals surface area contributed by atoms with Crippen molar-refractivity contribution in [2.24, 2.45) is 0 Å². The lowest BCUT2D eigenvalue weighted by atomic mass is 9.92. The van der Waals surface area contributed by atoms with Crippen molar-refractivity contribution < 1.29 is 13.5 Å². The first kappa shape index (κ1) is 17.9. The molecule has 0 unspecified atom stereocenters. The number of aromatic nitrogens is 3. The normalized spacial score (nSPS) is 16.1. The molecule has 0 saturated carbocycles. The predicted molar refractivity (Wildman–Crippen MR) is 99.4 cm³/mol. The molecule has 5 nitrogen and oxygen atoms in total. The van der Waals surface area contributed by atoms with E-state index in [9.17, 15) is 8.78 Å². The largest absolute Gasteiger partial charge is 0.378 e. The van der Waals surface area contributed by atoms with Crippen molar-refractivity contribution in [1.82, 2.24) is 14.6 Å². The minimum Gasteiger partial charge on any atom is -0.378 e. The number of rotatable bonds is 3. The number of ether oxygens (including phenoxy) is 1. The Balaban J connectivity index is 1.86. The van der Waals surface area contributed by atoms with Gasteiger partial charge in [-0.2, -0.15) is 9.61 Å². The molecule has 1 aliphatic heterocycles. The molecular formula is C20H22F2N4O. The number of hydrogen-bond donors (Lipinski definition) is 0. The second-order valence-corrected chi connectivity index (χ2v) is 6.98. The summed E-state index contributed by atoms with van der Waals surface area (Å²) in [5.41, 5.74) is 3.67. The zero-order valence-electron chi connectivity index (χ0n) is 15.7. The van der Waals surface area contributed by atoms with Gasteiger partial charge in [0.2, 0.25) is 0 Å². The van der Waals surface area contributed by atoms with Crippen LogP contribution in [0.3, 0.4) is 0 Å². The van der Waals surface area contributed by atoms with E-state index < -0.39 is 11.6 Å². The van der Waals surface area contributed by atoms with E-state index >= 15 is 0 Å². The zero-order valence-corrected chi connectivity index (χ0v) is 15.7. The molecule has 1 aromatic carbocycles. The monoisotopic (exact) mass is 372 g/mol. The first-order chi connectivity index (χ1) is 13.0. The molecule has 1 aliphatic rings. The zero-order chi connectivity index (χ0) is 19.1. The summed E-state index contributed by atoms with van der Waals surface area (Å²) in [5.74, 6) is -0.470. The van der Waals surface area contributed by atoms with Crippen LogP contribution < -0.4 is 4.90 Å². The summed E-state index contributed by atoms with van der Waals surface area (Å²) in [5, 5.41) is 4.70. The molecule has 0 spiro atoms. The Morgan fingerprint density at radius 2 is 1.85 bits per heavy atom. The number of nitrogens with zero attached hydrogens (tertiary/aromatic N) is 4. The summed E-state index contributed by atoms with van der Waals surface area (Å²) in [6, 6.07) is 5.72. The molecule has 142 valence electrons. The van der Waals surface area contributed by atoms with E-state index in [-0.39, 0.29) is 5.92 Å². The maximum absolute atomic E-state index is 14.4. The number of morpholine rings is 1. The van der Waals surface area contributed by atoms with Gasteiger partial charge in [-0.05, 0) is 25.5 Å². The summed E-state index contributed by atoms with van der Waals surface area (Å²) >= 11 is 0. The number of aryl methyl sites for hydroxylation is 2. The van der Waals surface area contributed by atoms with Gasteiger partial charge in [0.15, 0.2) is 5.65 Å². The average Bonchev–Trinajstić information content (AvgIpc) is 2.97. The van der Waals surface area contributed by atoms with Gasteiger partial charge in [0, 0.05) is 42.4 Å². The Bertz CT molecular complexity index is 995. The van der Waals surface area contributed by atoms with E-state index in [0.717, 1.165) is 41.9 Å². The van der Waals surface area contributed by atoms with Gasteiger partial charge in [-0.1, -0.05) is 13.0 Å². The average molecular weight is 372 g/mol. The Kier molecular flexibility index (Phi) is 4.55. The maximum atomic E-state index is 14.4. The van der Waals surface area contributed by atoms with Crippen LogP contribution in [0.5, 0.6) is 0 Å². The second kappa shape index (κ2) is 6.88. The van der Waals surface area contributed by atoms with Crippen LogP contribution in [0.2, 0.25) is 0 Å². The molecule has 0 N–H and O–H groups in total. The standard InChI is InChI=1S/C20H22F2N4O/c1-12-10-18(25-6-8-27-9-7-25)26-20(23-12)19(14(3)24-26)13(2)16-5-4-15(21)11-17(16)22/h4-5,10-11,13H,6-9H2,1-3H3/t13-/m0/s1. The quantitative estimate of drug-likeness (QED) is 0.704. The summed E-state index contributed by atoms with van der Waals surface area (Å²) in [6.45, 7) is 8.67. The third-order valence-corrected chi connectivity index (χ3v) is 5.12. The summed E-state index contributed by atoms with van der Waals surface area (Å²) in [7, 11) is 0. The topological polar surface area (TPSA) is 42.7 Å². The van der Waals surface area contributed by atoms with Gasteiger partial charge in [0.25, 0.3) is 0 Å². The molecule has 3 aromatic rings. The number of fused-ring (bicyclic) bond motifs is 1. The fourth-order valence-corrected chi connectivity index (χ4v) is 3.77. The van der Waals surface area contributed by atoms with Crippen LogP contribution >= 0.6 is 0 Å².